The molecule has 4 nitrogen and oxygen atoms in total. The van der Waals surface area contributed by atoms with Crippen LogP contribution in [0, 0.1) is 16.7 Å². The van der Waals surface area contributed by atoms with Gasteiger partial charge < -0.3 is 9.47 Å². The molecule has 0 saturated heterocycles. The Morgan fingerprint density at radius 2 is 1.86 bits per heavy atom. The fourth-order valence-electron chi connectivity index (χ4n) is 5.67. The van der Waals surface area contributed by atoms with Crippen LogP contribution < -0.4 is 0 Å². The third-order valence-electron chi connectivity index (χ3n) is 5.57. The van der Waals surface area contributed by atoms with Gasteiger partial charge in [0.25, 0.3) is 0 Å². The predicted octanol–water partition coefficient (Wildman–Crippen LogP) is 3.01. The maximum absolute atomic E-state index is 12.4. The van der Waals surface area contributed by atoms with Gasteiger partial charge in [-0.3, -0.25) is 4.79 Å². The second kappa shape index (κ2) is 4.34. The molecule has 4 unspecified atom stereocenters. The summed E-state index contributed by atoms with van der Waals surface area (Å²) in [6, 6.07) is 0. The summed E-state index contributed by atoms with van der Waals surface area (Å²) in [6.07, 6.45) is 5.20. The summed E-state index contributed by atoms with van der Waals surface area (Å²) in [5.74, 6) is -0.0163. The number of ether oxygens (including phenoxy) is 2. The van der Waals surface area contributed by atoms with E-state index in [-0.39, 0.29) is 17.4 Å². The average Bonchev–Trinajstić information content (AvgIpc) is 2.33. The third kappa shape index (κ3) is 2.19. The second-order valence-corrected chi connectivity index (χ2v) is 7.94. The molecular weight excluding hydrogens is 268 g/mol. The lowest BCUT2D eigenvalue weighted by Crippen LogP contribution is -2.63. The first-order chi connectivity index (χ1) is 9.72. The van der Waals surface area contributed by atoms with Crippen molar-refractivity contribution >= 4 is 11.9 Å². The highest BCUT2D eigenvalue weighted by Crippen LogP contribution is 2.67. The molecule has 0 amide bonds. The van der Waals surface area contributed by atoms with Crippen LogP contribution in [0.1, 0.15) is 52.4 Å². The lowest BCUT2D eigenvalue weighted by molar-refractivity contribution is -0.224. The molecule has 0 aromatic heterocycles. The van der Waals surface area contributed by atoms with Crippen LogP contribution in [0.15, 0.2) is 12.2 Å². The molecule has 4 aliphatic rings. The van der Waals surface area contributed by atoms with Crippen molar-refractivity contribution in [1.82, 2.24) is 0 Å². The van der Waals surface area contributed by atoms with Crippen LogP contribution in [-0.4, -0.2) is 24.6 Å². The van der Waals surface area contributed by atoms with Crippen molar-refractivity contribution in [2.75, 3.05) is 7.11 Å². The molecule has 4 rings (SSSR count). The zero-order valence-corrected chi connectivity index (χ0v) is 13.2. The molecule has 4 bridgehead atoms. The smallest absolute Gasteiger partial charge is 0.333 e. The fourth-order valence-corrected chi connectivity index (χ4v) is 5.67. The average molecular weight is 292 g/mol. The molecule has 0 radical (unpaired) electrons. The first-order valence-electron chi connectivity index (χ1n) is 7.69. The monoisotopic (exact) mass is 292 g/mol. The van der Waals surface area contributed by atoms with E-state index in [0.29, 0.717) is 17.9 Å². The summed E-state index contributed by atoms with van der Waals surface area (Å²) >= 11 is 0. The largest absolute Gasteiger partial charge is 0.469 e. The Bertz CT molecular complexity index is 525. The first-order valence-corrected chi connectivity index (χ1v) is 7.69. The third-order valence-corrected chi connectivity index (χ3v) is 5.57. The van der Waals surface area contributed by atoms with E-state index in [1.807, 2.05) is 0 Å². The van der Waals surface area contributed by atoms with Crippen molar-refractivity contribution in [3.8, 4) is 0 Å². The maximum Gasteiger partial charge on any atom is 0.333 e. The summed E-state index contributed by atoms with van der Waals surface area (Å²) in [7, 11) is 1.45. The van der Waals surface area contributed by atoms with Crippen molar-refractivity contribution in [3.05, 3.63) is 12.2 Å². The lowest BCUT2D eigenvalue weighted by atomic mass is 9.43. The van der Waals surface area contributed by atoms with Crippen LogP contribution in [0.5, 0.6) is 0 Å². The van der Waals surface area contributed by atoms with Gasteiger partial charge in [-0.25, -0.2) is 4.79 Å². The zero-order chi connectivity index (χ0) is 15.5. The summed E-state index contributed by atoms with van der Waals surface area (Å²) in [5, 5.41) is 0. The quantitative estimate of drug-likeness (QED) is 0.592. The number of carbonyl (C=O) groups excluding carboxylic acids is 2. The van der Waals surface area contributed by atoms with Gasteiger partial charge in [0.1, 0.15) is 5.60 Å². The Morgan fingerprint density at radius 3 is 2.43 bits per heavy atom. The summed E-state index contributed by atoms with van der Waals surface area (Å²) in [6.45, 7) is 7.56. The van der Waals surface area contributed by atoms with Crippen LogP contribution in [-0.2, 0) is 19.1 Å². The van der Waals surface area contributed by atoms with Crippen LogP contribution >= 0.6 is 0 Å². The minimum absolute atomic E-state index is 0.0724. The predicted molar refractivity (Wildman–Crippen MR) is 77.4 cm³/mol. The minimum Gasteiger partial charge on any atom is -0.469 e. The van der Waals surface area contributed by atoms with Gasteiger partial charge in [0.15, 0.2) is 0 Å². The number of rotatable bonds is 3. The molecule has 4 aliphatic carbocycles. The molecule has 0 aromatic carbocycles. The number of esters is 2. The maximum atomic E-state index is 12.4. The van der Waals surface area contributed by atoms with Crippen LogP contribution in [0.2, 0.25) is 0 Å². The Hall–Kier alpha value is -1.32. The van der Waals surface area contributed by atoms with Crippen LogP contribution in [0.4, 0.5) is 0 Å². The highest BCUT2D eigenvalue weighted by molar-refractivity contribution is 5.87. The normalized spacial score (nSPS) is 43.5. The highest BCUT2D eigenvalue weighted by atomic mass is 16.6. The van der Waals surface area contributed by atoms with Gasteiger partial charge in [-0.1, -0.05) is 13.5 Å². The van der Waals surface area contributed by atoms with Crippen LogP contribution in [0.3, 0.4) is 0 Å². The molecule has 0 N–H and O–H groups in total. The van der Waals surface area contributed by atoms with Gasteiger partial charge in [-0.05, 0) is 50.4 Å². The summed E-state index contributed by atoms with van der Waals surface area (Å²) in [5.41, 5.74) is -0.470. The molecule has 21 heavy (non-hydrogen) atoms. The van der Waals surface area contributed by atoms with Crippen LogP contribution in [0.25, 0.3) is 0 Å². The topological polar surface area (TPSA) is 52.6 Å². The molecule has 4 atom stereocenters. The van der Waals surface area contributed by atoms with E-state index in [0.717, 1.165) is 32.1 Å². The Balaban J connectivity index is 1.95. The second-order valence-electron chi connectivity index (χ2n) is 7.94. The van der Waals surface area contributed by atoms with Crippen molar-refractivity contribution in [1.29, 1.82) is 0 Å². The standard InChI is InChI=1S/C17H24O4/c1-11(2)13(18)21-17-7-12-5-15(3,9-17)8-16(6-12,10-17)14(19)20-4/h12H,1,5-10H2,2-4H3. The van der Waals surface area contributed by atoms with E-state index in [4.69, 9.17) is 9.47 Å². The SMILES string of the molecule is C=C(C)C(=O)OC12CC3CC(C)(C1)CC(C(=O)OC)(C3)C2. The van der Waals surface area contributed by atoms with E-state index >= 15 is 0 Å². The molecule has 0 aliphatic heterocycles. The van der Waals surface area contributed by atoms with E-state index in [9.17, 15) is 9.59 Å². The summed E-state index contributed by atoms with van der Waals surface area (Å²) < 4.78 is 10.9. The van der Waals surface area contributed by atoms with E-state index in [2.05, 4.69) is 13.5 Å². The van der Waals surface area contributed by atoms with E-state index in [1.165, 1.54) is 7.11 Å². The minimum atomic E-state index is -0.502. The highest BCUT2D eigenvalue weighted by Gasteiger charge is 2.66. The fraction of sp³-hybridized carbons (Fsp3) is 0.765. The van der Waals surface area contributed by atoms with Gasteiger partial charge >= 0.3 is 11.9 Å². The molecule has 0 spiro atoms. The molecule has 4 heteroatoms. The van der Waals surface area contributed by atoms with Gasteiger partial charge in [0.2, 0.25) is 0 Å². The van der Waals surface area contributed by atoms with E-state index in [1.54, 1.807) is 6.92 Å². The number of hydrogen-bond acceptors (Lipinski definition) is 4. The van der Waals surface area contributed by atoms with Gasteiger partial charge in [-0.2, -0.15) is 0 Å². The molecule has 4 saturated carbocycles. The van der Waals surface area contributed by atoms with E-state index < -0.39 is 11.0 Å². The van der Waals surface area contributed by atoms with Crippen molar-refractivity contribution in [2.24, 2.45) is 16.7 Å². The number of carbonyl (C=O) groups is 2. The lowest BCUT2D eigenvalue weighted by Gasteiger charge is -2.63. The molecule has 0 aromatic rings. The van der Waals surface area contributed by atoms with Crippen molar-refractivity contribution in [3.63, 3.8) is 0 Å². The van der Waals surface area contributed by atoms with Gasteiger partial charge in [0.05, 0.1) is 12.5 Å². The van der Waals surface area contributed by atoms with Crippen molar-refractivity contribution in [2.45, 2.75) is 58.0 Å². The first kappa shape index (κ1) is 14.6. The zero-order valence-electron chi connectivity index (χ0n) is 13.2. The molecule has 116 valence electrons. The number of hydrogen-bond donors (Lipinski definition) is 0. The molecule has 4 fully saturated rings. The van der Waals surface area contributed by atoms with Gasteiger partial charge in [0, 0.05) is 12.0 Å². The molecular formula is C17H24O4. The molecule has 0 heterocycles. The van der Waals surface area contributed by atoms with Gasteiger partial charge in [-0.15, -0.1) is 0 Å². The number of methoxy groups -OCH3 is 1. The Morgan fingerprint density at radius 1 is 1.14 bits per heavy atom. The summed E-state index contributed by atoms with van der Waals surface area (Å²) in [4.78, 5) is 24.4. The Labute approximate surface area is 125 Å². The Kier molecular flexibility index (Phi) is 3.02. The van der Waals surface area contributed by atoms with Crippen molar-refractivity contribution < 1.29 is 19.1 Å².